The number of hydrogen-bond acceptors (Lipinski definition) is 1. The molecule has 0 bridgehead atoms. The van der Waals surface area contributed by atoms with E-state index in [1.807, 2.05) is 6.92 Å². The molecular formula is C12H22O. The third-order valence-corrected chi connectivity index (χ3v) is 3.27. The zero-order chi connectivity index (χ0) is 10.1. The van der Waals surface area contributed by atoms with Gasteiger partial charge in [0.1, 0.15) is 0 Å². The fourth-order valence-corrected chi connectivity index (χ4v) is 2.17. The van der Waals surface area contributed by atoms with Gasteiger partial charge in [0.15, 0.2) is 0 Å². The highest BCUT2D eigenvalue weighted by atomic mass is 16.3. The third-order valence-electron chi connectivity index (χ3n) is 3.27. The third kappa shape index (κ3) is 2.84. The number of rotatable bonds is 4. The van der Waals surface area contributed by atoms with E-state index in [1.165, 1.54) is 24.8 Å². The summed E-state index contributed by atoms with van der Waals surface area (Å²) in [5, 5.41) is 9.42. The first-order chi connectivity index (χ1) is 5.96. The first-order valence-electron chi connectivity index (χ1n) is 5.27. The van der Waals surface area contributed by atoms with Crippen LogP contribution in [0.4, 0.5) is 0 Å². The molecule has 1 fully saturated rings. The summed E-state index contributed by atoms with van der Waals surface area (Å²) in [5.74, 6) is 0.554. The molecule has 3 unspecified atom stereocenters. The van der Waals surface area contributed by atoms with Crippen molar-refractivity contribution in [1.29, 1.82) is 0 Å². The lowest BCUT2D eigenvalue weighted by Crippen LogP contribution is -2.09. The van der Waals surface area contributed by atoms with Gasteiger partial charge in [-0.3, -0.25) is 0 Å². The van der Waals surface area contributed by atoms with E-state index in [0.717, 1.165) is 0 Å². The predicted octanol–water partition coefficient (Wildman–Crippen LogP) is 3.14. The average molecular weight is 182 g/mol. The zero-order valence-electron chi connectivity index (χ0n) is 9.30. The van der Waals surface area contributed by atoms with Crippen molar-refractivity contribution in [2.24, 2.45) is 11.3 Å². The number of hydrogen-bond donors (Lipinski definition) is 1. The van der Waals surface area contributed by atoms with Gasteiger partial charge >= 0.3 is 0 Å². The second kappa shape index (κ2) is 3.83. The fraction of sp³-hybridized carbons (Fsp3) is 0.833. The van der Waals surface area contributed by atoms with Gasteiger partial charge in [0.2, 0.25) is 0 Å². The van der Waals surface area contributed by atoms with Crippen molar-refractivity contribution in [3.63, 3.8) is 0 Å². The molecule has 0 saturated heterocycles. The van der Waals surface area contributed by atoms with Crippen LogP contribution in [0, 0.1) is 11.3 Å². The van der Waals surface area contributed by atoms with Crippen LogP contribution in [0.3, 0.4) is 0 Å². The molecule has 0 aromatic carbocycles. The van der Waals surface area contributed by atoms with Crippen molar-refractivity contribution in [3.05, 3.63) is 11.6 Å². The monoisotopic (exact) mass is 182 g/mol. The highest BCUT2D eigenvalue weighted by Gasteiger charge is 2.51. The minimum atomic E-state index is -0.114. The Bertz CT molecular complexity index is 201. The van der Waals surface area contributed by atoms with E-state index in [1.54, 1.807) is 0 Å². The number of aliphatic hydroxyl groups is 1. The summed E-state index contributed by atoms with van der Waals surface area (Å²) >= 11 is 0. The van der Waals surface area contributed by atoms with E-state index >= 15 is 0 Å². The fourth-order valence-electron chi connectivity index (χ4n) is 2.17. The maximum Gasteiger partial charge on any atom is 0.0545 e. The lowest BCUT2D eigenvalue weighted by Gasteiger charge is -2.11. The Morgan fingerprint density at radius 2 is 2.23 bits per heavy atom. The smallest absolute Gasteiger partial charge is 0.0545 e. The van der Waals surface area contributed by atoms with Crippen molar-refractivity contribution < 1.29 is 5.11 Å². The summed E-state index contributed by atoms with van der Waals surface area (Å²) in [4.78, 5) is 0. The van der Waals surface area contributed by atoms with Crippen molar-refractivity contribution in [2.45, 2.75) is 53.1 Å². The maximum absolute atomic E-state index is 9.42. The van der Waals surface area contributed by atoms with Gasteiger partial charge in [0.05, 0.1) is 6.10 Å². The van der Waals surface area contributed by atoms with E-state index in [0.29, 0.717) is 11.3 Å². The highest BCUT2D eigenvalue weighted by Crippen LogP contribution is 2.57. The topological polar surface area (TPSA) is 20.2 Å². The first kappa shape index (κ1) is 10.8. The molecule has 1 nitrogen and oxygen atoms in total. The summed E-state index contributed by atoms with van der Waals surface area (Å²) in [5.41, 5.74) is 1.83. The van der Waals surface area contributed by atoms with Crippen LogP contribution in [-0.2, 0) is 0 Å². The van der Waals surface area contributed by atoms with Gasteiger partial charge in [-0.1, -0.05) is 18.6 Å². The van der Waals surface area contributed by atoms with Gasteiger partial charge in [0, 0.05) is 0 Å². The SMILES string of the molecule is CC(C)=CCCC1(C)CC1C(C)O. The van der Waals surface area contributed by atoms with Gasteiger partial charge in [-0.25, -0.2) is 0 Å². The Hall–Kier alpha value is -0.300. The first-order valence-corrected chi connectivity index (χ1v) is 5.27. The molecular weight excluding hydrogens is 160 g/mol. The summed E-state index contributed by atoms with van der Waals surface area (Å²) in [6, 6.07) is 0. The van der Waals surface area contributed by atoms with Crippen LogP contribution in [0.5, 0.6) is 0 Å². The lowest BCUT2D eigenvalue weighted by molar-refractivity contribution is 0.151. The van der Waals surface area contributed by atoms with Crippen molar-refractivity contribution in [3.8, 4) is 0 Å². The van der Waals surface area contributed by atoms with Gasteiger partial charge in [0.25, 0.3) is 0 Å². The minimum Gasteiger partial charge on any atom is -0.393 e. The second-order valence-corrected chi connectivity index (χ2v) is 5.03. The molecule has 0 heterocycles. The molecule has 1 saturated carbocycles. The number of allylic oxidation sites excluding steroid dienone is 2. The van der Waals surface area contributed by atoms with Crippen LogP contribution in [0.25, 0.3) is 0 Å². The van der Waals surface area contributed by atoms with Crippen molar-refractivity contribution >= 4 is 0 Å². The minimum absolute atomic E-state index is 0.114. The van der Waals surface area contributed by atoms with Crippen LogP contribution < -0.4 is 0 Å². The quantitative estimate of drug-likeness (QED) is 0.662. The van der Waals surface area contributed by atoms with Crippen LogP contribution in [-0.4, -0.2) is 11.2 Å². The molecule has 1 heteroatoms. The van der Waals surface area contributed by atoms with Crippen LogP contribution in [0.15, 0.2) is 11.6 Å². The molecule has 76 valence electrons. The normalized spacial score (nSPS) is 34.1. The van der Waals surface area contributed by atoms with Crippen LogP contribution >= 0.6 is 0 Å². The Balaban J connectivity index is 2.28. The molecule has 13 heavy (non-hydrogen) atoms. The van der Waals surface area contributed by atoms with Crippen LogP contribution in [0.1, 0.15) is 47.0 Å². The summed E-state index contributed by atoms with van der Waals surface area (Å²) < 4.78 is 0. The lowest BCUT2D eigenvalue weighted by atomic mass is 9.97. The molecule has 1 aliphatic carbocycles. The van der Waals surface area contributed by atoms with E-state index < -0.39 is 0 Å². The molecule has 0 aliphatic heterocycles. The van der Waals surface area contributed by atoms with Crippen LogP contribution in [0.2, 0.25) is 0 Å². The van der Waals surface area contributed by atoms with E-state index in [2.05, 4.69) is 26.8 Å². The molecule has 0 amide bonds. The Morgan fingerprint density at radius 1 is 1.62 bits per heavy atom. The molecule has 1 N–H and O–H groups in total. The van der Waals surface area contributed by atoms with Gasteiger partial charge in [-0.15, -0.1) is 0 Å². The average Bonchev–Trinajstić information content (AvgIpc) is 2.62. The molecule has 0 aromatic heterocycles. The zero-order valence-corrected chi connectivity index (χ0v) is 9.30. The van der Waals surface area contributed by atoms with Gasteiger partial charge in [-0.05, 0) is 51.4 Å². The molecule has 1 aliphatic rings. The Morgan fingerprint density at radius 3 is 2.62 bits per heavy atom. The molecule has 0 spiro atoms. The molecule has 0 aromatic rings. The standard InChI is InChI=1S/C12H22O/c1-9(2)6-5-7-12(4)8-11(12)10(3)13/h6,10-11,13H,5,7-8H2,1-4H3. The Labute approximate surface area is 81.9 Å². The van der Waals surface area contributed by atoms with Crippen molar-refractivity contribution in [2.75, 3.05) is 0 Å². The second-order valence-electron chi connectivity index (χ2n) is 5.03. The van der Waals surface area contributed by atoms with E-state index in [9.17, 15) is 5.11 Å². The van der Waals surface area contributed by atoms with E-state index in [-0.39, 0.29) is 6.10 Å². The van der Waals surface area contributed by atoms with Crippen molar-refractivity contribution in [1.82, 2.24) is 0 Å². The molecule has 1 rings (SSSR count). The summed E-state index contributed by atoms with van der Waals surface area (Å²) in [7, 11) is 0. The Kier molecular flexibility index (Phi) is 3.18. The molecule has 3 atom stereocenters. The van der Waals surface area contributed by atoms with Gasteiger partial charge in [-0.2, -0.15) is 0 Å². The van der Waals surface area contributed by atoms with E-state index in [4.69, 9.17) is 0 Å². The molecule has 0 radical (unpaired) electrons. The maximum atomic E-state index is 9.42. The highest BCUT2D eigenvalue weighted by molar-refractivity contribution is 5.03. The predicted molar refractivity (Wildman–Crippen MR) is 56.6 cm³/mol. The summed E-state index contributed by atoms with van der Waals surface area (Å²) in [6.45, 7) is 8.49. The van der Waals surface area contributed by atoms with Gasteiger partial charge < -0.3 is 5.11 Å². The largest absolute Gasteiger partial charge is 0.393 e. The summed E-state index contributed by atoms with van der Waals surface area (Å²) in [6.07, 6.45) is 5.79. The number of aliphatic hydroxyl groups excluding tert-OH is 1.